The summed E-state index contributed by atoms with van der Waals surface area (Å²) in [6, 6.07) is 11.7. The predicted molar refractivity (Wildman–Crippen MR) is 177 cm³/mol. The van der Waals surface area contributed by atoms with E-state index in [4.69, 9.17) is 32.7 Å². The molecule has 6 atom stereocenters. The van der Waals surface area contributed by atoms with E-state index in [9.17, 15) is 28.7 Å². The lowest BCUT2D eigenvalue weighted by Crippen LogP contribution is -2.60. The molecule has 0 spiro atoms. The minimum Gasteiger partial charge on any atom is -0.502 e. The maximum atomic E-state index is 14.4. The summed E-state index contributed by atoms with van der Waals surface area (Å²) in [5, 5.41) is 12.3. The number of alkyl halides is 2. The fourth-order valence-electron chi connectivity index (χ4n) is 7.64. The Bertz CT molecular complexity index is 1890. The van der Waals surface area contributed by atoms with Gasteiger partial charge in [-0.3, -0.25) is 24.1 Å². The molecule has 1 saturated carbocycles. The maximum Gasteiger partial charge on any atom is 0.258 e. The van der Waals surface area contributed by atoms with Gasteiger partial charge in [0.25, 0.3) is 11.8 Å². The molecule has 1 N–H and O–H groups in total. The van der Waals surface area contributed by atoms with Gasteiger partial charge in [0.2, 0.25) is 17.6 Å². The van der Waals surface area contributed by atoms with Crippen molar-refractivity contribution in [2.75, 3.05) is 19.1 Å². The Kier molecular flexibility index (Phi) is 7.92. The largest absolute Gasteiger partial charge is 0.502 e. The van der Waals surface area contributed by atoms with E-state index in [0.29, 0.717) is 11.1 Å². The van der Waals surface area contributed by atoms with Crippen LogP contribution in [0.25, 0.3) is 6.08 Å². The van der Waals surface area contributed by atoms with Crippen LogP contribution in [0.3, 0.4) is 0 Å². The SMILES string of the molecule is COc1cc(C=C[C@H]2C3=CC[C@@H]4C(=O)N(Cc5cccs5)C(=O)[C@@H]4[C@@H]3C[C@@]3(Cl)C(=O)N(c4ccc(F)cc4)C(=O)[C@@]23Cl)cc(OC)c1O. The topological polar surface area (TPSA) is 113 Å². The van der Waals surface area contributed by atoms with Crippen molar-refractivity contribution in [1.29, 1.82) is 0 Å². The number of phenols is 1. The first-order valence-electron chi connectivity index (χ1n) is 15.2. The molecule has 9 nitrogen and oxygen atoms in total. The highest BCUT2D eigenvalue weighted by Crippen LogP contribution is 2.63. The quantitative estimate of drug-likeness (QED) is 0.184. The van der Waals surface area contributed by atoms with Gasteiger partial charge in [0.1, 0.15) is 5.82 Å². The Balaban J connectivity index is 1.35. The number of allylic oxidation sites excluding steroid dienone is 3. The van der Waals surface area contributed by atoms with Gasteiger partial charge in [-0.05, 0) is 72.2 Å². The number of methoxy groups -OCH3 is 2. The average Bonchev–Trinajstić information content (AvgIpc) is 3.72. The number of rotatable bonds is 7. The van der Waals surface area contributed by atoms with Crippen LogP contribution in [0, 0.1) is 29.5 Å². The van der Waals surface area contributed by atoms with Crippen LogP contribution >= 0.6 is 34.5 Å². The van der Waals surface area contributed by atoms with Crippen LogP contribution in [0.5, 0.6) is 17.2 Å². The number of amides is 4. The molecule has 2 aliphatic carbocycles. The summed E-state index contributed by atoms with van der Waals surface area (Å²) in [5.74, 6) is -5.92. The highest BCUT2D eigenvalue weighted by Gasteiger charge is 2.76. The molecule has 7 rings (SSSR count). The molecule has 248 valence electrons. The van der Waals surface area contributed by atoms with E-state index in [2.05, 4.69) is 0 Å². The first-order valence-corrected chi connectivity index (χ1v) is 16.8. The normalized spacial score (nSPS) is 29.6. The van der Waals surface area contributed by atoms with Crippen molar-refractivity contribution in [3.05, 3.63) is 87.9 Å². The van der Waals surface area contributed by atoms with Crippen molar-refractivity contribution in [3.8, 4) is 17.2 Å². The third-order valence-corrected chi connectivity index (χ3v) is 12.2. The number of aromatic hydroxyl groups is 1. The van der Waals surface area contributed by atoms with E-state index in [1.54, 1.807) is 24.3 Å². The number of hydrogen-bond acceptors (Lipinski definition) is 8. The number of benzene rings is 2. The lowest BCUT2D eigenvalue weighted by molar-refractivity contribution is -0.141. The van der Waals surface area contributed by atoms with Gasteiger partial charge in [-0.2, -0.15) is 0 Å². The predicted octanol–water partition coefficient (Wildman–Crippen LogP) is 5.92. The number of likely N-dealkylation sites (tertiary alicyclic amines) is 1. The molecule has 2 saturated heterocycles. The maximum absolute atomic E-state index is 14.4. The molecule has 48 heavy (non-hydrogen) atoms. The van der Waals surface area contributed by atoms with E-state index in [0.717, 1.165) is 21.9 Å². The van der Waals surface area contributed by atoms with Gasteiger partial charge in [-0.15, -0.1) is 34.5 Å². The number of anilines is 1. The van der Waals surface area contributed by atoms with Crippen molar-refractivity contribution in [3.63, 3.8) is 0 Å². The number of phenolic OH excluding ortho intramolecular Hbond substituents is 1. The lowest BCUT2D eigenvalue weighted by Gasteiger charge is -2.49. The van der Waals surface area contributed by atoms with Gasteiger partial charge in [-0.1, -0.05) is 29.9 Å². The summed E-state index contributed by atoms with van der Waals surface area (Å²) in [4.78, 5) is 55.3. The van der Waals surface area contributed by atoms with E-state index in [-0.39, 0.29) is 54.1 Å². The highest BCUT2D eigenvalue weighted by molar-refractivity contribution is 7.09. The molecule has 1 aromatic heterocycles. The van der Waals surface area contributed by atoms with Gasteiger partial charge < -0.3 is 14.6 Å². The number of halogens is 3. The number of carbonyl (C=O) groups excluding carboxylic acids is 4. The molecule has 4 amide bonds. The second kappa shape index (κ2) is 11.7. The van der Waals surface area contributed by atoms with Crippen molar-refractivity contribution < 1.29 is 38.1 Å². The van der Waals surface area contributed by atoms with Crippen LogP contribution in [0.4, 0.5) is 10.1 Å². The molecule has 0 bridgehead atoms. The van der Waals surface area contributed by atoms with Crippen molar-refractivity contribution in [1.82, 2.24) is 4.90 Å². The zero-order valence-corrected chi connectivity index (χ0v) is 28.0. The summed E-state index contributed by atoms with van der Waals surface area (Å²) in [7, 11) is 2.78. The van der Waals surface area contributed by atoms with E-state index in [1.165, 1.54) is 42.6 Å². The molecule has 0 radical (unpaired) electrons. The summed E-state index contributed by atoms with van der Waals surface area (Å²) in [6.07, 6.45) is 5.20. The third kappa shape index (κ3) is 4.62. The van der Waals surface area contributed by atoms with E-state index >= 15 is 0 Å². The van der Waals surface area contributed by atoms with Crippen molar-refractivity contribution in [2.24, 2.45) is 23.7 Å². The van der Waals surface area contributed by atoms with Crippen LogP contribution in [-0.2, 0) is 25.7 Å². The molecule has 13 heteroatoms. The molecule has 2 aliphatic heterocycles. The standard InChI is InChI=1S/C35H29Cl2FN2O7S/c1-46-26-14-18(15-27(47-2)29(26)41)5-12-25-22-10-11-23-28(31(43)39(30(23)42)17-21-4-3-13-48-21)24(22)16-34(36)32(44)40(33(45)35(25,34)37)20-8-6-19(38)7-9-20/h3-10,12-15,23-25,28,41H,11,16-17H2,1-2H3/t23-,24+,25-,28-,34+,35-/m0/s1. The van der Waals surface area contributed by atoms with E-state index in [1.807, 2.05) is 23.6 Å². The molecule has 2 aromatic carbocycles. The number of fused-ring (bicyclic) bond motifs is 4. The first-order chi connectivity index (χ1) is 22.9. The van der Waals surface area contributed by atoms with Gasteiger partial charge in [-0.25, -0.2) is 9.29 Å². The molecular formula is C35H29Cl2FN2O7S. The first kappa shape index (κ1) is 32.4. The third-order valence-electron chi connectivity index (χ3n) is 9.92. The highest BCUT2D eigenvalue weighted by atomic mass is 35.5. The van der Waals surface area contributed by atoms with Crippen LogP contribution in [0.1, 0.15) is 23.3 Å². The number of ether oxygens (including phenoxy) is 2. The Morgan fingerprint density at radius 1 is 1.00 bits per heavy atom. The number of nitrogens with zero attached hydrogens (tertiary/aromatic N) is 2. The lowest BCUT2D eigenvalue weighted by atomic mass is 9.57. The number of thiophene rings is 1. The Morgan fingerprint density at radius 3 is 2.31 bits per heavy atom. The van der Waals surface area contributed by atoms with Crippen LogP contribution in [0.15, 0.2) is 71.6 Å². The molecule has 3 fully saturated rings. The fourth-order valence-corrected chi connectivity index (χ4v) is 9.23. The van der Waals surface area contributed by atoms with Gasteiger partial charge in [0, 0.05) is 10.8 Å². The average molecular weight is 712 g/mol. The number of imide groups is 2. The summed E-state index contributed by atoms with van der Waals surface area (Å²) in [6.45, 7) is 0.138. The van der Waals surface area contributed by atoms with Gasteiger partial charge in [0.05, 0.1) is 38.3 Å². The van der Waals surface area contributed by atoms with Crippen LogP contribution in [-0.4, -0.2) is 57.6 Å². The summed E-state index contributed by atoms with van der Waals surface area (Å²) in [5.41, 5.74) is 1.23. The second-order valence-corrected chi connectivity index (χ2v) is 14.5. The fraction of sp³-hybridized carbons (Fsp3) is 0.314. The molecule has 3 heterocycles. The minimum absolute atomic E-state index is 0.0978. The molecular weight excluding hydrogens is 682 g/mol. The Hall–Kier alpha value is -4.19. The van der Waals surface area contributed by atoms with Crippen molar-refractivity contribution in [2.45, 2.75) is 29.1 Å². The van der Waals surface area contributed by atoms with Crippen LogP contribution in [0.2, 0.25) is 0 Å². The van der Waals surface area contributed by atoms with Crippen molar-refractivity contribution >= 4 is 69.9 Å². The minimum atomic E-state index is -2.06. The summed E-state index contributed by atoms with van der Waals surface area (Å²) >= 11 is 16.2. The van der Waals surface area contributed by atoms with Crippen LogP contribution < -0.4 is 14.4 Å². The Morgan fingerprint density at radius 2 is 1.69 bits per heavy atom. The zero-order chi connectivity index (χ0) is 34.1. The second-order valence-electron chi connectivity index (χ2n) is 12.3. The van der Waals surface area contributed by atoms with E-state index < -0.39 is 51.1 Å². The van der Waals surface area contributed by atoms with Gasteiger partial charge >= 0.3 is 0 Å². The Labute approximate surface area is 289 Å². The number of hydrogen-bond donors (Lipinski definition) is 1. The molecule has 4 aliphatic rings. The molecule has 0 unspecified atom stereocenters. The molecule has 3 aromatic rings. The summed E-state index contributed by atoms with van der Waals surface area (Å²) < 4.78 is 24.5. The smallest absolute Gasteiger partial charge is 0.258 e. The zero-order valence-electron chi connectivity index (χ0n) is 25.7. The van der Waals surface area contributed by atoms with Gasteiger partial charge in [0.15, 0.2) is 21.2 Å². The number of carbonyl (C=O) groups is 4. The monoisotopic (exact) mass is 710 g/mol.